The lowest BCUT2D eigenvalue weighted by Gasteiger charge is -2.18. The van der Waals surface area contributed by atoms with Gasteiger partial charge < -0.3 is 19.3 Å². The average Bonchev–Trinajstić information content (AvgIpc) is 2.93. The maximum Gasteiger partial charge on any atom is 0.280 e. The lowest BCUT2D eigenvalue weighted by Crippen LogP contribution is -2.19. The molecule has 0 saturated heterocycles. The molecule has 3 aromatic heterocycles. The van der Waals surface area contributed by atoms with Gasteiger partial charge in [0.2, 0.25) is 5.75 Å². The molecule has 4 rings (SSSR count). The summed E-state index contributed by atoms with van der Waals surface area (Å²) in [6.07, 6.45) is 2.67. The molecular formula is C26H24N6O6S. The second-order valence-corrected chi connectivity index (χ2v) is 10.2. The number of rotatable bonds is 9. The van der Waals surface area contributed by atoms with Crippen LogP contribution in [-0.2, 0) is 15.6 Å². The summed E-state index contributed by atoms with van der Waals surface area (Å²) in [5, 5.41) is 19.1. The van der Waals surface area contributed by atoms with E-state index in [9.17, 15) is 18.8 Å². The van der Waals surface area contributed by atoms with E-state index in [4.69, 9.17) is 14.2 Å². The number of hydrogen-bond donors (Lipinski definition) is 2. The Morgan fingerprint density at radius 3 is 2.36 bits per heavy atom. The zero-order valence-corrected chi connectivity index (χ0v) is 22.2. The smallest absolute Gasteiger partial charge is 0.280 e. The molecule has 200 valence electrons. The number of nitriles is 1. The van der Waals surface area contributed by atoms with Crippen molar-refractivity contribution in [3.05, 3.63) is 72.2 Å². The van der Waals surface area contributed by atoms with Crippen LogP contribution in [0.3, 0.4) is 0 Å². The van der Waals surface area contributed by atoms with Gasteiger partial charge in [-0.3, -0.25) is 4.72 Å². The molecule has 2 N–H and O–H groups in total. The average molecular weight is 549 g/mol. The number of aromatic nitrogens is 4. The van der Waals surface area contributed by atoms with Crippen LogP contribution in [0.2, 0.25) is 0 Å². The summed E-state index contributed by atoms with van der Waals surface area (Å²) in [5.41, 5.74) is -0.279. The summed E-state index contributed by atoms with van der Waals surface area (Å²) in [6.45, 7) is 3.12. The van der Waals surface area contributed by atoms with E-state index in [0.29, 0.717) is 16.9 Å². The lowest BCUT2D eigenvalue weighted by atomic mass is 10.0. The number of hydrogen-bond acceptors (Lipinski definition) is 11. The highest BCUT2D eigenvalue weighted by Gasteiger charge is 2.26. The number of aliphatic hydroxyl groups is 1. The van der Waals surface area contributed by atoms with Gasteiger partial charge in [0, 0.05) is 23.5 Å². The van der Waals surface area contributed by atoms with Gasteiger partial charge in [-0.15, -0.1) is 0 Å². The Balaban J connectivity index is 1.85. The van der Waals surface area contributed by atoms with Crippen LogP contribution in [0.25, 0.3) is 11.4 Å². The molecule has 0 radical (unpaired) electrons. The minimum Gasteiger partial charge on any atom is -0.493 e. The van der Waals surface area contributed by atoms with Crippen LogP contribution in [0.1, 0.15) is 25.1 Å². The number of ether oxygens (including phenoxy) is 3. The number of nitrogens with zero attached hydrogens (tertiary/aromatic N) is 5. The fourth-order valence-corrected chi connectivity index (χ4v) is 4.32. The quantitative estimate of drug-likeness (QED) is 0.313. The lowest BCUT2D eigenvalue weighted by molar-refractivity contribution is 0.0781. The van der Waals surface area contributed by atoms with E-state index in [1.54, 1.807) is 44.2 Å². The summed E-state index contributed by atoms with van der Waals surface area (Å²) in [4.78, 5) is 16.7. The molecule has 0 aliphatic carbocycles. The van der Waals surface area contributed by atoms with Crippen molar-refractivity contribution in [1.29, 1.82) is 5.26 Å². The SMILES string of the molecule is COc1ccccc1Oc1c(NS(=O)(=O)c2ccc(C(C)(C)O)cn2)nc(-c2ccnc(C#N)c2)nc1OC. The molecule has 0 atom stereocenters. The number of nitrogens with one attached hydrogen (secondary N) is 1. The van der Waals surface area contributed by atoms with Crippen LogP contribution in [0.15, 0.2) is 66.0 Å². The first-order valence-electron chi connectivity index (χ1n) is 11.4. The second-order valence-electron chi connectivity index (χ2n) is 8.58. The van der Waals surface area contributed by atoms with E-state index in [0.717, 1.165) is 0 Å². The molecule has 1 aromatic carbocycles. The molecule has 0 aliphatic heterocycles. The third kappa shape index (κ3) is 6.03. The zero-order valence-electron chi connectivity index (χ0n) is 21.4. The third-order valence-electron chi connectivity index (χ3n) is 5.39. The third-order valence-corrected chi connectivity index (χ3v) is 6.64. The van der Waals surface area contributed by atoms with Gasteiger partial charge in [0.05, 0.1) is 19.8 Å². The Bertz CT molecular complexity index is 1650. The van der Waals surface area contributed by atoms with E-state index in [2.05, 4.69) is 24.7 Å². The first-order chi connectivity index (χ1) is 18.6. The van der Waals surface area contributed by atoms with Crippen molar-refractivity contribution in [1.82, 2.24) is 19.9 Å². The molecule has 0 unspecified atom stereocenters. The first kappa shape index (κ1) is 27.2. The van der Waals surface area contributed by atoms with Gasteiger partial charge in [-0.2, -0.15) is 18.7 Å². The van der Waals surface area contributed by atoms with Crippen molar-refractivity contribution >= 4 is 15.8 Å². The van der Waals surface area contributed by atoms with Gasteiger partial charge in [0.25, 0.3) is 15.9 Å². The maximum absolute atomic E-state index is 13.4. The highest BCUT2D eigenvalue weighted by Crippen LogP contribution is 2.41. The summed E-state index contributed by atoms with van der Waals surface area (Å²) in [6, 6.07) is 14.4. The highest BCUT2D eigenvalue weighted by molar-refractivity contribution is 7.92. The predicted molar refractivity (Wildman–Crippen MR) is 140 cm³/mol. The number of sulfonamides is 1. The molecule has 39 heavy (non-hydrogen) atoms. The standard InChI is InChI=1S/C26H24N6O6S/c1-26(2,33)17-9-10-21(29-15-17)39(34,35)32-24-22(38-20-8-6-5-7-19(20)36-3)25(37-4)31-23(30-24)16-11-12-28-18(13-16)14-27/h5-13,15,33H,1-4H3,(H,30,31,32). The Morgan fingerprint density at radius 1 is 1.00 bits per heavy atom. The van der Waals surface area contributed by atoms with E-state index in [1.807, 2.05) is 6.07 Å². The normalized spacial score (nSPS) is 11.4. The van der Waals surface area contributed by atoms with Crippen molar-refractivity contribution in [3.63, 3.8) is 0 Å². The van der Waals surface area contributed by atoms with Crippen LogP contribution in [0.4, 0.5) is 5.82 Å². The summed E-state index contributed by atoms with van der Waals surface area (Å²) in [7, 11) is -1.51. The van der Waals surface area contributed by atoms with E-state index >= 15 is 0 Å². The predicted octanol–water partition coefficient (Wildman–Crippen LogP) is 3.64. The summed E-state index contributed by atoms with van der Waals surface area (Å²) >= 11 is 0. The zero-order chi connectivity index (χ0) is 28.2. The Hall–Kier alpha value is -4.80. The molecule has 0 fully saturated rings. The largest absolute Gasteiger partial charge is 0.493 e. The Labute approximate surface area is 225 Å². The van der Waals surface area contributed by atoms with Gasteiger partial charge in [0.1, 0.15) is 11.8 Å². The van der Waals surface area contributed by atoms with Gasteiger partial charge in [-0.05, 0) is 44.2 Å². The number of benzene rings is 1. The Morgan fingerprint density at radius 2 is 1.74 bits per heavy atom. The van der Waals surface area contributed by atoms with Crippen LogP contribution < -0.4 is 18.9 Å². The number of para-hydroxylation sites is 2. The molecule has 0 saturated carbocycles. The van der Waals surface area contributed by atoms with Crippen LogP contribution in [-0.4, -0.2) is 47.7 Å². The van der Waals surface area contributed by atoms with Crippen molar-refractivity contribution in [3.8, 4) is 40.6 Å². The van der Waals surface area contributed by atoms with Crippen LogP contribution in [0.5, 0.6) is 23.1 Å². The molecule has 13 heteroatoms. The van der Waals surface area contributed by atoms with Crippen molar-refractivity contribution in [2.75, 3.05) is 18.9 Å². The number of pyridine rings is 2. The van der Waals surface area contributed by atoms with Gasteiger partial charge >= 0.3 is 0 Å². The molecule has 3 heterocycles. The molecule has 12 nitrogen and oxygen atoms in total. The molecule has 0 spiro atoms. The van der Waals surface area contributed by atoms with Crippen LogP contribution >= 0.6 is 0 Å². The van der Waals surface area contributed by atoms with Crippen molar-refractivity contribution in [2.24, 2.45) is 0 Å². The van der Waals surface area contributed by atoms with E-state index in [1.165, 1.54) is 44.8 Å². The monoisotopic (exact) mass is 548 g/mol. The minimum atomic E-state index is -4.31. The molecule has 4 aromatic rings. The van der Waals surface area contributed by atoms with Crippen molar-refractivity contribution < 1.29 is 27.7 Å². The maximum atomic E-state index is 13.4. The van der Waals surface area contributed by atoms with Gasteiger partial charge in [0.15, 0.2) is 28.2 Å². The van der Waals surface area contributed by atoms with Gasteiger partial charge in [-0.25, -0.2) is 15.0 Å². The van der Waals surface area contributed by atoms with Crippen LogP contribution in [0, 0.1) is 11.3 Å². The number of anilines is 1. The Kier molecular flexibility index (Phi) is 7.61. The highest BCUT2D eigenvalue weighted by atomic mass is 32.2. The fourth-order valence-electron chi connectivity index (χ4n) is 3.38. The minimum absolute atomic E-state index is 0.0427. The van der Waals surface area contributed by atoms with Crippen molar-refractivity contribution in [2.45, 2.75) is 24.5 Å². The first-order valence-corrected chi connectivity index (χ1v) is 12.9. The molecule has 0 amide bonds. The van der Waals surface area contributed by atoms with E-state index < -0.39 is 15.6 Å². The second kappa shape index (κ2) is 10.9. The summed E-state index contributed by atoms with van der Waals surface area (Å²) in [5.74, 6) is 0.168. The van der Waals surface area contributed by atoms with E-state index in [-0.39, 0.29) is 39.7 Å². The molecule has 0 bridgehead atoms. The molecular weight excluding hydrogens is 524 g/mol. The fraction of sp³-hybridized carbons (Fsp3) is 0.192. The number of methoxy groups -OCH3 is 2. The topological polar surface area (TPSA) is 169 Å². The van der Waals surface area contributed by atoms with Gasteiger partial charge in [-0.1, -0.05) is 18.2 Å². The molecule has 0 aliphatic rings. The summed E-state index contributed by atoms with van der Waals surface area (Å²) < 4.78 is 45.9.